The first kappa shape index (κ1) is 11.4. The Morgan fingerprint density at radius 2 is 2.14 bits per heavy atom. The largest absolute Gasteiger partial charge is 0.465 e. The molecule has 0 bridgehead atoms. The molecule has 82 valence electrons. The lowest BCUT2D eigenvalue weighted by molar-refractivity contribution is -0.179. The van der Waals surface area contributed by atoms with Gasteiger partial charge in [-0.2, -0.15) is 8.78 Å². The van der Waals surface area contributed by atoms with E-state index in [1.165, 1.54) is 0 Å². The maximum absolute atomic E-state index is 13.3. The normalized spacial score (nSPS) is 28.6. The highest BCUT2D eigenvalue weighted by molar-refractivity contribution is 5.77. The van der Waals surface area contributed by atoms with Gasteiger partial charge in [0.2, 0.25) is 0 Å². The van der Waals surface area contributed by atoms with E-state index in [0.29, 0.717) is 12.8 Å². The van der Waals surface area contributed by atoms with Gasteiger partial charge in [0, 0.05) is 12.0 Å². The number of nitrogens with two attached hydrogens (primary N) is 1. The fraction of sp³-hybridized carbons (Fsp3) is 0.889. The van der Waals surface area contributed by atoms with Crippen molar-refractivity contribution >= 4 is 5.97 Å². The molecule has 1 aliphatic rings. The molecule has 0 aromatic rings. The van der Waals surface area contributed by atoms with E-state index in [1.54, 1.807) is 0 Å². The third-order valence-corrected chi connectivity index (χ3v) is 2.69. The Labute approximate surface area is 81.6 Å². The predicted molar refractivity (Wildman–Crippen MR) is 46.9 cm³/mol. The fourth-order valence-electron chi connectivity index (χ4n) is 1.86. The van der Waals surface area contributed by atoms with Crippen molar-refractivity contribution in [2.45, 2.75) is 37.6 Å². The highest BCUT2D eigenvalue weighted by Crippen LogP contribution is 2.36. The number of hydrogen-bond acceptors (Lipinski definition) is 3. The number of methoxy groups -OCH3 is 1. The predicted octanol–water partition coefficient (Wildman–Crippen LogP) is 1.31. The summed E-state index contributed by atoms with van der Waals surface area (Å²) in [6.07, 6.45) is 1.95. The molecule has 0 aromatic heterocycles. The van der Waals surface area contributed by atoms with E-state index in [9.17, 15) is 13.6 Å². The Morgan fingerprint density at radius 3 is 2.64 bits per heavy atom. The van der Waals surface area contributed by atoms with Gasteiger partial charge in [-0.3, -0.25) is 0 Å². The van der Waals surface area contributed by atoms with Crippen molar-refractivity contribution in [1.29, 1.82) is 0 Å². The number of alkyl halides is 2. The second-order valence-corrected chi connectivity index (χ2v) is 3.74. The summed E-state index contributed by atoms with van der Waals surface area (Å²) in [4.78, 5) is 10.8. The zero-order valence-corrected chi connectivity index (χ0v) is 8.13. The number of carbonyl (C=O) groups is 1. The van der Waals surface area contributed by atoms with Gasteiger partial charge in [0.25, 0.3) is 0 Å². The molecule has 0 heterocycles. The minimum absolute atomic E-state index is 0.197. The van der Waals surface area contributed by atoms with Gasteiger partial charge in [0.1, 0.15) is 0 Å². The lowest BCUT2D eigenvalue weighted by atomic mass is 9.82. The highest BCUT2D eigenvalue weighted by Gasteiger charge is 2.49. The molecule has 2 unspecified atom stereocenters. The lowest BCUT2D eigenvalue weighted by Gasteiger charge is -2.30. The number of esters is 1. The Kier molecular flexibility index (Phi) is 3.42. The van der Waals surface area contributed by atoms with Crippen LogP contribution < -0.4 is 5.73 Å². The molecule has 14 heavy (non-hydrogen) atoms. The summed E-state index contributed by atoms with van der Waals surface area (Å²) in [5.41, 5.74) is 5.58. The van der Waals surface area contributed by atoms with Gasteiger partial charge in [-0.1, -0.05) is 6.42 Å². The summed E-state index contributed by atoms with van der Waals surface area (Å²) in [6.45, 7) is 0. The van der Waals surface area contributed by atoms with E-state index in [2.05, 4.69) is 4.74 Å². The number of carbonyl (C=O) groups excluding carboxylic acids is 1. The quantitative estimate of drug-likeness (QED) is 0.694. The van der Waals surface area contributed by atoms with Crippen LogP contribution in [0.2, 0.25) is 0 Å². The van der Waals surface area contributed by atoms with E-state index in [0.717, 1.165) is 13.5 Å². The van der Waals surface area contributed by atoms with Crippen LogP contribution in [0.15, 0.2) is 0 Å². The summed E-state index contributed by atoms with van der Waals surface area (Å²) >= 11 is 0. The minimum atomic E-state index is -3.38. The van der Waals surface area contributed by atoms with E-state index in [1.807, 2.05) is 0 Å². The van der Waals surface area contributed by atoms with Crippen LogP contribution >= 0.6 is 0 Å². The van der Waals surface area contributed by atoms with Crippen molar-refractivity contribution in [2.24, 2.45) is 11.7 Å². The summed E-state index contributed by atoms with van der Waals surface area (Å²) < 4.78 is 30.8. The van der Waals surface area contributed by atoms with Crippen LogP contribution in [0.4, 0.5) is 8.78 Å². The first-order chi connectivity index (χ1) is 6.48. The molecular weight excluding hydrogens is 192 g/mol. The summed E-state index contributed by atoms with van der Waals surface area (Å²) in [5, 5.41) is 0. The maximum Gasteiger partial charge on any atom is 0.377 e. The Balaban J connectivity index is 2.66. The molecule has 1 aliphatic carbocycles. The molecule has 0 saturated heterocycles. The minimum Gasteiger partial charge on any atom is -0.465 e. The zero-order chi connectivity index (χ0) is 10.8. The molecule has 1 saturated carbocycles. The van der Waals surface area contributed by atoms with Gasteiger partial charge in [0.15, 0.2) is 0 Å². The van der Waals surface area contributed by atoms with E-state index in [4.69, 9.17) is 5.73 Å². The van der Waals surface area contributed by atoms with Gasteiger partial charge in [0.05, 0.1) is 7.11 Å². The second kappa shape index (κ2) is 4.21. The molecule has 1 fully saturated rings. The zero-order valence-electron chi connectivity index (χ0n) is 8.13. The van der Waals surface area contributed by atoms with E-state index < -0.39 is 17.8 Å². The lowest BCUT2D eigenvalue weighted by Crippen LogP contribution is -2.43. The number of ether oxygens (including phenoxy) is 1. The maximum atomic E-state index is 13.3. The average molecular weight is 207 g/mol. The first-order valence-electron chi connectivity index (χ1n) is 4.70. The third kappa shape index (κ3) is 2.20. The van der Waals surface area contributed by atoms with Gasteiger partial charge in [-0.15, -0.1) is 0 Å². The van der Waals surface area contributed by atoms with Gasteiger partial charge < -0.3 is 10.5 Å². The van der Waals surface area contributed by atoms with Crippen LogP contribution in [0, 0.1) is 5.92 Å². The highest BCUT2D eigenvalue weighted by atomic mass is 19.3. The Morgan fingerprint density at radius 1 is 1.50 bits per heavy atom. The molecule has 2 atom stereocenters. The first-order valence-corrected chi connectivity index (χ1v) is 4.70. The molecule has 0 aliphatic heterocycles. The van der Waals surface area contributed by atoms with Crippen LogP contribution in [0.1, 0.15) is 25.7 Å². The van der Waals surface area contributed by atoms with Crippen LogP contribution in [0.3, 0.4) is 0 Å². The van der Waals surface area contributed by atoms with Crippen LogP contribution in [0.5, 0.6) is 0 Å². The number of rotatable bonds is 2. The summed E-state index contributed by atoms with van der Waals surface area (Å²) in [7, 11) is 0.971. The average Bonchev–Trinajstić information content (AvgIpc) is 2.16. The Bertz CT molecular complexity index is 221. The molecule has 5 heteroatoms. The molecule has 0 aromatic carbocycles. The summed E-state index contributed by atoms with van der Waals surface area (Å²) in [6, 6.07) is -0.218. The van der Waals surface area contributed by atoms with Crippen molar-refractivity contribution in [1.82, 2.24) is 0 Å². The van der Waals surface area contributed by atoms with Crippen LogP contribution in [-0.4, -0.2) is 25.0 Å². The molecule has 0 radical (unpaired) electrons. The van der Waals surface area contributed by atoms with Gasteiger partial charge in [-0.05, 0) is 19.3 Å². The molecule has 1 rings (SSSR count). The molecule has 0 spiro atoms. The molecule has 2 N–H and O–H groups in total. The number of hydrogen-bond donors (Lipinski definition) is 1. The Hall–Kier alpha value is -0.710. The standard InChI is InChI=1S/C9H15F2NO2/c1-14-8(13)9(10,11)6-3-2-4-7(12)5-6/h6-7H,2-5,12H2,1H3. The van der Waals surface area contributed by atoms with Crippen molar-refractivity contribution in [2.75, 3.05) is 7.11 Å². The SMILES string of the molecule is COC(=O)C(F)(F)C1CCCC(N)C1. The van der Waals surface area contributed by atoms with Crippen molar-refractivity contribution in [3.63, 3.8) is 0 Å². The van der Waals surface area contributed by atoms with E-state index >= 15 is 0 Å². The van der Waals surface area contributed by atoms with Crippen LogP contribution in [0.25, 0.3) is 0 Å². The monoisotopic (exact) mass is 207 g/mol. The summed E-state index contributed by atoms with van der Waals surface area (Å²) in [5.74, 6) is -5.79. The fourth-order valence-corrected chi connectivity index (χ4v) is 1.86. The topological polar surface area (TPSA) is 52.3 Å². The van der Waals surface area contributed by atoms with E-state index in [-0.39, 0.29) is 12.5 Å². The third-order valence-electron chi connectivity index (χ3n) is 2.69. The molecule has 0 amide bonds. The second-order valence-electron chi connectivity index (χ2n) is 3.74. The van der Waals surface area contributed by atoms with Crippen molar-refractivity contribution in [3.05, 3.63) is 0 Å². The smallest absolute Gasteiger partial charge is 0.377 e. The van der Waals surface area contributed by atoms with Gasteiger partial charge in [-0.25, -0.2) is 4.79 Å². The molecule has 3 nitrogen and oxygen atoms in total. The molecular formula is C9H15F2NO2. The van der Waals surface area contributed by atoms with Crippen molar-refractivity contribution < 1.29 is 18.3 Å². The van der Waals surface area contributed by atoms with Crippen molar-refractivity contribution in [3.8, 4) is 0 Å². The van der Waals surface area contributed by atoms with Gasteiger partial charge >= 0.3 is 11.9 Å². The number of halogens is 2. The van der Waals surface area contributed by atoms with Crippen LogP contribution in [-0.2, 0) is 9.53 Å².